The zero-order valence-corrected chi connectivity index (χ0v) is 8.48. The molecule has 0 aromatic heterocycles. The molecule has 0 aliphatic heterocycles. The number of hydrogen-bond donors (Lipinski definition) is 3. The first-order chi connectivity index (χ1) is 6.40. The fourth-order valence-electron chi connectivity index (χ4n) is 0.788. The van der Waals surface area contributed by atoms with Gasteiger partial charge >= 0.3 is 5.97 Å². The molecule has 3 unspecified atom stereocenters. The molecule has 0 saturated heterocycles. The monoisotopic (exact) mass is 204 g/mol. The van der Waals surface area contributed by atoms with Crippen LogP contribution in [-0.2, 0) is 14.3 Å². The lowest BCUT2D eigenvalue weighted by atomic mass is 10.1. The second kappa shape index (κ2) is 5.56. The number of nitrogens with two attached hydrogens (primary N) is 1. The normalized spacial score (nSPS) is 16.6. The molecule has 0 fully saturated rings. The Morgan fingerprint density at radius 2 is 1.93 bits per heavy atom. The minimum Gasteiger partial charge on any atom is -0.467 e. The van der Waals surface area contributed by atoms with Gasteiger partial charge in [-0.25, -0.2) is 4.79 Å². The fourth-order valence-corrected chi connectivity index (χ4v) is 0.788. The van der Waals surface area contributed by atoms with Crippen molar-refractivity contribution >= 4 is 11.9 Å². The van der Waals surface area contributed by atoms with Gasteiger partial charge in [-0.3, -0.25) is 4.79 Å². The third-order valence-corrected chi connectivity index (χ3v) is 1.65. The average Bonchev–Trinajstić information content (AvgIpc) is 2.11. The lowest BCUT2D eigenvalue weighted by Crippen LogP contribution is -2.52. The highest BCUT2D eigenvalue weighted by atomic mass is 16.5. The van der Waals surface area contributed by atoms with Crippen molar-refractivity contribution in [2.24, 2.45) is 5.73 Å². The van der Waals surface area contributed by atoms with Crippen LogP contribution in [0.25, 0.3) is 0 Å². The number of hydrogen-bond acceptors (Lipinski definition) is 5. The van der Waals surface area contributed by atoms with Crippen LogP contribution in [0, 0.1) is 0 Å². The highest BCUT2D eigenvalue weighted by Crippen LogP contribution is 1.96. The summed E-state index contributed by atoms with van der Waals surface area (Å²) in [7, 11) is 1.18. The van der Waals surface area contributed by atoms with E-state index in [1.807, 2.05) is 0 Å². The molecule has 0 rings (SSSR count). The second-order valence-corrected chi connectivity index (χ2v) is 3.04. The van der Waals surface area contributed by atoms with Gasteiger partial charge in [0.2, 0.25) is 5.91 Å². The van der Waals surface area contributed by atoms with Crippen molar-refractivity contribution in [3.8, 4) is 0 Å². The zero-order chi connectivity index (χ0) is 11.3. The molecule has 0 spiro atoms. The fraction of sp³-hybridized carbons (Fsp3) is 0.750. The zero-order valence-electron chi connectivity index (χ0n) is 8.48. The molecule has 0 aliphatic rings. The SMILES string of the molecule is COC(=O)C(NC(=O)C(C)N)C(C)O. The summed E-state index contributed by atoms with van der Waals surface area (Å²) in [6.45, 7) is 2.86. The van der Waals surface area contributed by atoms with Crippen LogP contribution in [-0.4, -0.2) is 42.3 Å². The van der Waals surface area contributed by atoms with E-state index < -0.39 is 30.1 Å². The molecule has 82 valence electrons. The Kier molecular flexibility index (Phi) is 5.11. The minimum atomic E-state index is -1.07. The van der Waals surface area contributed by atoms with E-state index in [4.69, 9.17) is 5.73 Å². The van der Waals surface area contributed by atoms with E-state index in [0.717, 1.165) is 0 Å². The molecule has 3 atom stereocenters. The van der Waals surface area contributed by atoms with Crippen LogP contribution in [0.4, 0.5) is 0 Å². The molecule has 0 radical (unpaired) electrons. The van der Waals surface area contributed by atoms with Crippen LogP contribution in [0.2, 0.25) is 0 Å². The second-order valence-electron chi connectivity index (χ2n) is 3.04. The number of aliphatic hydroxyl groups excluding tert-OH is 1. The smallest absolute Gasteiger partial charge is 0.331 e. The van der Waals surface area contributed by atoms with E-state index in [1.165, 1.54) is 21.0 Å². The Hall–Kier alpha value is -1.14. The van der Waals surface area contributed by atoms with Crippen LogP contribution < -0.4 is 11.1 Å². The van der Waals surface area contributed by atoms with Crippen molar-refractivity contribution in [1.29, 1.82) is 0 Å². The predicted molar refractivity (Wildman–Crippen MR) is 49.3 cm³/mol. The number of aliphatic hydroxyl groups is 1. The van der Waals surface area contributed by atoms with Crippen molar-refractivity contribution in [3.63, 3.8) is 0 Å². The minimum absolute atomic E-state index is 0.513. The lowest BCUT2D eigenvalue weighted by molar-refractivity contribution is -0.148. The Morgan fingerprint density at radius 3 is 2.21 bits per heavy atom. The van der Waals surface area contributed by atoms with E-state index in [1.54, 1.807) is 0 Å². The highest BCUT2D eigenvalue weighted by Gasteiger charge is 2.27. The number of amides is 1. The van der Waals surface area contributed by atoms with Crippen molar-refractivity contribution in [2.45, 2.75) is 32.0 Å². The molecular formula is C8H16N2O4. The van der Waals surface area contributed by atoms with E-state index in [0.29, 0.717) is 0 Å². The van der Waals surface area contributed by atoms with Gasteiger partial charge in [-0.15, -0.1) is 0 Å². The molecule has 0 aliphatic carbocycles. The van der Waals surface area contributed by atoms with E-state index in [-0.39, 0.29) is 0 Å². The summed E-state index contributed by atoms with van der Waals surface area (Å²) >= 11 is 0. The standard InChI is InChI=1S/C8H16N2O4/c1-4(9)7(12)10-6(5(2)11)8(13)14-3/h4-6,11H,9H2,1-3H3,(H,10,12). The summed E-state index contributed by atoms with van der Waals surface area (Å²) in [4.78, 5) is 22.2. The molecule has 1 amide bonds. The summed E-state index contributed by atoms with van der Waals surface area (Å²) in [5.41, 5.74) is 5.28. The van der Waals surface area contributed by atoms with Crippen LogP contribution in [0.15, 0.2) is 0 Å². The molecule has 14 heavy (non-hydrogen) atoms. The van der Waals surface area contributed by atoms with Crippen molar-refractivity contribution in [1.82, 2.24) is 5.32 Å². The number of carbonyl (C=O) groups is 2. The Morgan fingerprint density at radius 1 is 1.43 bits per heavy atom. The van der Waals surface area contributed by atoms with Gasteiger partial charge in [0.15, 0.2) is 6.04 Å². The Labute approximate surface area is 82.4 Å². The maximum Gasteiger partial charge on any atom is 0.331 e. The van der Waals surface area contributed by atoms with Gasteiger partial charge in [-0.05, 0) is 13.8 Å². The van der Waals surface area contributed by atoms with Crippen LogP contribution >= 0.6 is 0 Å². The summed E-state index contributed by atoms with van der Waals surface area (Å²) in [5, 5.41) is 11.5. The number of rotatable bonds is 4. The largest absolute Gasteiger partial charge is 0.467 e. The van der Waals surface area contributed by atoms with Gasteiger partial charge in [0.1, 0.15) is 0 Å². The molecule has 0 heterocycles. The summed E-state index contributed by atoms with van der Waals surface area (Å²) in [5.74, 6) is -1.21. The first-order valence-electron chi connectivity index (χ1n) is 4.22. The lowest BCUT2D eigenvalue weighted by Gasteiger charge is -2.19. The van der Waals surface area contributed by atoms with Crippen molar-refractivity contribution in [2.75, 3.05) is 7.11 Å². The number of methoxy groups -OCH3 is 1. The van der Waals surface area contributed by atoms with Crippen LogP contribution in [0.5, 0.6) is 0 Å². The summed E-state index contributed by atoms with van der Waals surface area (Å²) in [6.07, 6.45) is -1.02. The summed E-state index contributed by atoms with van der Waals surface area (Å²) < 4.78 is 4.40. The molecule has 4 N–H and O–H groups in total. The molecule has 0 aromatic carbocycles. The van der Waals surface area contributed by atoms with Gasteiger partial charge in [0.25, 0.3) is 0 Å². The number of esters is 1. The third kappa shape index (κ3) is 3.71. The maximum atomic E-state index is 11.1. The molecule has 6 heteroatoms. The first kappa shape index (κ1) is 12.9. The van der Waals surface area contributed by atoms with E-state index in [9.17, 15) is 14.7 Å². The van der Waals surface area contributed by atoms with Crippen LogP contribution in [0.1, 0.15) is 13.8 Å². The van der Waals surface area contributed by atoms with E-state index >= 15 is 0 Å². The topological polar surface area (TPSA) is 102 Å². The van der Waals surface area contributed by atoms with Crippen LogP contribution in [0.3, 0.4) is 0 Å². The maximum absolute atomic E-state index is 11.1. The van der Waals surface area contributed by atoms with Crippen molar-refractivity contribution < 1.29 is 19.4 Å². The van der Waals surface area contributed by atoms with Gasteiger partial charge in [-0.1, -0.05) is 0 Å². The van der Waals surface area contributed by atoms with Crippen molar-refractivity contribution in [3.05, 3.63) is 0 Å². The number of carbonyl (C=O) groups excluding carboxylic acids is 2. The molecule has 6 nitrogen and oxygen atoms in total. The number of ether oxygens (including phenoxy) is 1. The molecule has 0 saturated carbocycles. The highest BCUT2D eigenvalue weighted by molar-refractivity contribution is 5.87. The summed E-state index contributed by atoms with van der Waals surface area (Å²) in [6, 6.07) is -1.81. The predicted octanol–water partition coefficient (Wildman–Crippen LogP) is -1.63. The average molecular weight is 204 g/mol. The molecule has 0 aromatic rings. The quantitative estimate of drug-likeness (QED) is 0.477. The van der Waals surface area contributed by atoms with Gasteiger partial charge < -0.3 is 20.9 Å². The Balaban J connectivity index is 4.38. The third-order valence-electron chi connectivity index (χ3n) is 1.65. The van der Waals surface area contributed by atoms with Gasteiger partial charge in [0, 0.05) is 0 Å². The van der Waals surface area contributed by atoms with Gasteiger partial charge in [0.05, 0.1) is 19.3 Å². The first-order valence-corrected chi connectivity index (χ1v) is 4.22. The molecular weight excluding hydrogens is 188 g/mol. The van der Waals surface area contributed by atoms with Gasteiger partial charge in [-0.2, -0.15) is 0 Å². The molecule has 0 bridgehead atoms. The van der Waals surface area contributed by atoms with E-state index in [2.05, 4.69) is 10.1 Å². The Bertz CT molecular complexity index is 215. The number of nitrogens with one attached hydrogen (secondary N) is 1.